The van der Waals surface area contributed by atoms with Crippen molar-refractivity contribution in [2.75, 3.05) is 11.4 Å². The van der Waals surface area contributed by atoms with Gasteiger partial charge >= 0.3 is 6.09 Å². The number of hydrogen-bond acceptors (Lipinski definition) is 6. The number of primary amides is 1. The van der Waals surface area contributed by atoms with E-state index in [1.165, 1.54) is 11.8 Å². The Labute approximate surface area is 263 Å². The van der Waals surface area contributed by atoms with Crippen molar-refractivity contribution >= 4 is 46.2 Å². The maximum atomic E-state index is 14.5. The van der Waals surface area contributed by atoms with Crippen LogP contribution in [0.2, 0.25) is 0 Å². The zero-order valence-corrected chi connectivity index (χ0v) is 25.9. The molecule has 3 aromatic carbocycles. The van der Waals surface area contributed by atoms with Crippen LogP contribution in [0.1, 0.15) is 45.6 Å². The van der Waals surface area contributed by atoms with Crippen molar-refractivity contribution < 1.29 is 23.9 Å². The molecule has 4 amide bonds. The number of carbonyl (C=O) groups is 4. The van der Waals surface area contributed by atoms with Crippen LogP contribution in [-0.4, -0.2) is 54.4 Å². The molecule has 3 rings (SSSR count). The third kappa shape index (κ3) is 10.2. The fourth-order valence-electron chi connectivity index (χ4n) is 4.91. The summed E-state index contributed by atoms with van der Waals surface area (Å²) >= 11 is 0. The summed E-state index contributed by atoms with van der Waals surface area (Å²) in [6, 6.07) is 18.9. The first-order valence-corrected chi connectivity index (χ1v) is 14.9. The van der Waals surface area contributed by atoms with Crippen LogP contribution in [0.5, 0.6) is 0 Å². The lowest BCUT2D eigenvalue weighted by Crippen LogP contribution is -2.58. The highest BCUT2D eigenvalue weighted by atomic mass is 16.5. The first kappa shape index (κ1) is 34.4. The highest BCUT2D eigenvalue weighted by molar-refractivity contribution is 6.10. The molecule has 0 fully saturated rings. The van der Waals surface area contributed by atoms with E-state index in [1.54, 1.807) is 12.1 Å². The number of ether oxygens (including phenoxy) is 1. The molecule has 0 radical (unpaired) electrons. The van der Waals surface area contributed by atoms with Gasteiger partial charge < -0.3 is 32.6 Å². The Morgan fingerprint density at radius 1 is 0.867 bits per heavy atom. The van der Waals surface area contributed by atoms with Gasteiger partial charge in [-0.3, -0.25) is 24.3 Å². The van der Waals surface area contributed by atoms with Crippen LogP contribution >= 0.6 is 0 Å². The highest BCUT2D eigenvalue weighted by Crippen LogP contribution is 2.30. The van der Waals surface area contributed by atoms with Gasteiger partial charge in [0.1, 0.15) is 24.7 Å². The van der Waals surface area contributed by atoms with E-state index in [0.29, 0.717) is 12.1 Å². The monoisotopic (exact) mass is 617 g/mol. The van der Waals surface area contributed by atoms with Crippen molar-refractivity contribution in [3.05, 3.63) is 78.4 Å². The molecule has 45 heavy (non-hydrogen) atoms. The number of hydrogen-bond donors (Lipinski definition) is 5. The molecule has 0 saturated carbocycles. The van der Waals surface area contributed by atoms with Gasteiger partial charge in [0.05, 0.1) is 5.69 Å². The number of nitrogens with zero attached hydrogens (tertiary/aromatic N) is 2. The zero-order chi connectivity index (χ0) is 32.9. The van der Waals surface area contributed by atoms with E-state index in [0.717, 1.165) is 16.3 Å². The van der Waals surface area contributed by atoms with E-state index in [4.69, 9.17) is 21.9 Å². The summed E-state index contributed by atoms with van der Waals surface area (Å²) in [5.41, 5.74) is 18.1. The lowest BCUT2D eigenvalue weighted by atomic mass is 9.98. The molecule has 3 atom stereocenters. The number of rotatable bonds is 15. The SMILES string of the molecule is CC(C)C[C@H](NC(=O)[C@@H](C)NC(=O)OCc1ccccc1)C(=O)N(c1cccc2ccccc12)[C@@H](CCCN=C(N)N)C(N)=O. The molecular weight excluding hydrogens is 574 g/mol. The third-order valence-corrected chi connectivity index (χ3v) is 7.10. The van der Waals surface area contributed by atoms with Crippen LogP contribution in [0.4, 0.5) is 10.5 Å². The number of benzene rings is 3. The van der Waals surface area contributed by atoms with Gasteiger partial charge in [0.2, 0.25) is 17.7 Å². The minimum absolute atomic E-state index is 0.0124. The summed E-state index contributed by atoms with van der Waals surface area (Å²) < 4.78 is 5.24. The third-order valence-electron chi connectivity index (χ3n) is 7.10. The Kier molecular flexibility index (Phi) is 12.7. The number of anilines is 1. The molecule has 0 aliphatic heterocycles. The number of guanidine groups is 1. The van der Waals surface area contributed by atoms with Crippen LogP contribution in [0.3, 0.4) is 0 Å². The van der Waals surface area contributed by atoms with Crippen LogP contribution in [0.25, 0.3) is 10.8 Å². The second kappa shape index (κ2) is 16.6. The molecule has 0 spiro atoms. The standard InChI is InChI=1S/C33H43N7O5/c1-21(2)19-26(39-30(42)22(3)38-33(44)45-20-23-11-5-4-6-12-23)31(43)40(28(29(34)41)17-10-18-37-32(35)36)27-16-9-14-24-13-7-8-15-25(24)27/h4-9,11-16,21-22,26,28H,10,17-20H2,1-3H3,(H2,34,41)(H,38,44)(H,39,42)(H4,35,36,37)/t22-,26+,28+/m1/s1. The van der Waals surface area contributed by atoms with Crippen LogP contribution in [-0.2, 0) is 25.7 Å². The van der Waals surface area contributed by atoms with Crippen molar-refractivity contribution in [2.45, 2.75) is 64.8 Å². The van der Waals surface area contributed by atoms with E-state index < -0.39 is 41.9 Å². The highest BCUT2D eigenvalue weighted by Gasteiger charge is 2.36. The summed E-state index contributed by atoms with van der Waals surface area (Å²) in [6.07, 6.45) is 0.0264. The molecule has 0 heterocycles. The predicted molar refractivity (Wildman–Crippen MR) is 175 cm³/mol. The molecule has 8 N–H and O–H groups in total. The second-order valence-corrected chi connectivity index (χ2v) is 11.2. The molecular formula is C33H43N7O5. The van der Waals surface area contributed by atoms with Gasteiger partial charge in [-0.2, -0.15) is 0 Å². The normalized spacial score (nSPS) is 12.9. The summed E-state index contributed by atoms with van der Waals surface area (Å²) in [6.45, 7) is 5.59. The topological polar surface area (TPSA) is 195 Å². The Morgan fingerprint density at radius 3 is 2.20 bits per heavy atom. The second-order valence-electron chi connectivity index (χ2n) is 11.2. The number of aliphatic imine (C=N–C) groups is 1. The number of nitrogens with one attached hydrogen (secondary N) is 2. The number of carbonyl (C=O) groups excluding carboxylic acids is 4. The van der Waals surface area contributed by atoms with E-state index >= 15 is 0 Å². The summed E-state index contributed by atoms with van der Waals surface area (Å²) in [7, 11) is 0. The van der Waals surface area contributed by atoms with Gasteiger partial charge in [-0.05, 0) is 49.1 Å². The van der Waals surface area contributed by atoms with Gasteiger partial charge in [-0.1, -0.05) is 80.6 Å². The van der Waals surface area contributed by atoms with E-state index in [-0.39, 0.29) is 37.9 Å². The van der Waals surface area contributed by atoms with Crippen molar-refractivity contribution in [2.24, 2.45) is 28.1 Å². The van der Waals surface area contributed by atoms with Gasteiger partial charge in [-0.25, -0.2) is 4.79 Å². The van der Waals surface area contributed by atoms with Crippen molar-refractivity contribution in [1.29, 1.82) is 0 Å². The molecule has 0 aliphatic carbocycles. The Balaban J connectivity index is 1.89. The smallest absolute Gasteiger partial charge is 0.408 e. The fourth-order valence-corrected chi connectivity index (χ4v) is 4.91. The Hall–Kier alpha value is -5.13. The van der Waals surface area contributed by atoms with Gasteiger partial charge in [0, 0.05) is 11.9 Å². The maximum absolute atomic E-state index is 14.5. The number of amides is 4. The lowest BCUT2D eigenvalue weighted by molar-refractivity contribution is -0.130. The molecule has 240 valence electrons. The molecule has 0 saturated heterocycles. The molecule has 3 aromatic rings. The quantitative estimate of drug-likeness (QED) is 0.0982. The largest absolute Gasteiger partial charge is 0.445 e. The number of alkyl carbamates (subject to hydrolysis) is 1. The summed E-state index contributed by atoms with van der Waals surface area (Å²) in [5, 5.41) is 6.89. The first-order valence-electron chi connectivity index (χ1n) is 14.9. The van der Waals surface area contributed by atoms with Crippen molar-refractivity contribution in [3.63, 3.8) is 0 Å². The minimum Gasteiger partial charge on any atom is -0.445 e. The molecule has 0 unspecified atom stereocenters. The van der Waals surface area contributed by atoms with E-state index in [1.807, 2.05) is 74.5 Å². The minimum atomic E-state index is -1.06. The van der Waals surface area contributed by atoms with Crippen LogP contribution < -0.4 is 32.7 Å². The van der Waals surface area contributed by atoms with Gasteiger partial charge in [0.15, 0.2) is 5.96 Å². The molecule has 12 heteroatoms. The average molecular weight is 618 g/mol. The lowest BCUT2D eigenvalue weighted by Gasteiger charge is -2.34. The van der Waals surface area contributed by atoms with Crippen molar-refractivity contribution in [3.8, 4) is 0 Å². The molecule has 0 aromatic heterocycles. The predicted octanol–water partition coefficient (Wildman–Crippen LogP) is 2.93. The zero-order valence-electron chi connectivity index (χ0n) is 25.9. The van der Waals surface area contributed by atoms with E-state index in [2.05, 4.69) is 15.6 Å². The molecule has 12 nitrogen and oxygen atoms in total. The van der Waals surface area contributed by atoms with Gasteiger partial charge in [0.25, 0.3) is 0 Å². The molecule has 0 aliphatic rings. The Bertz CT molecular complexity index is 1490. The van der Waals surface area contributed by atoms with Crippen molar-refractivity contribution in [1.82, 2.24) is 10.6 Å². The molecule has 0 bridgehead atoms. The van der Waals surface area contributed by atoms with E-state index in [9.17, 15) is 19.2 Å². The summed E-state index contributed by atoms with van der Waals surface area (Å²) in [4.78, 5) is 58.5. The summed E-state index contributed by atoms with van der Waals surface area (Å²) in [5.74, 6) is -1.92. The average Bonchev–Trinajstić information content (AvgIpc) is 3.00. The maximum Gasteiger partial charge on any atom is 0.408 e. The number of nitrogens with two attached hydrogens (primary N) is 3. The Morgan fingerprint density at radius 2 is 1.53 bits per heavy atom. The van der Waals surface area contributed by atoms with Crippen LogP contribution in [0.15, 0.2) is 77.8 Å². The van der Waals surface area contributed by atoms with Crippen LogP contribution in [0, 0.1) is 5.92 Å². The first-order chi connectivity index (χ1) is 21.5. The number of fused-ring (bicyclic) bond motifs is 1. The van der Waals surface area contributed by atoms with Gasteiger partial charge in [-0.15, -0.1) is 0 Å². The fraction of sp³-hybridized carbons (Fsp3) is 0.364.